The molecule has 19 heavy (non-hydrogen) atoms. The molecule has 3 nitrogen and oxygen atoms in total. The lowest BCUT2D eigenvalue weighted by molar-refractivity contribution is 0.179. The normalized spacial score (nSPS) is 18.4. The maximum absolute atomic E-state index is 5.21. The Labute approximate surface area is 117 Å². The number of nitrogens with zero attached hydrogens (tertiary/aromatic N) is 2. The van der Waals surface area contributed by atoms with Gasteiger partial charge >= 0.3 is 0 Å². The van der Waals surface area contributed by atoms with Crippen LogP contribution in [0.4, 0.5) is 0 Å². The topological polar surface area (TPSA) is 25.4 Å². The molecule has 1 aromatic rings. The van der Waals surface area contributed by atoms with Crippen LogP contribution in [0.2, 0.25) is 0 Å². The van der Waals surface area contributed by atoms with Crippen molar-refractivity contribution < 1.29 is 4.74 Å². The van der Waals surface area contributed by atoms with Crippen LogP contribution in [0.3, 0.4) is 0 Å². The number of aromatic nitrogens is 1. The first kappa shape index (κ1) is 14.3. The summed E-state index contributed by atoms with van der Waals surface area (Å²) in [7, 11) is 1.69. The van der Waals surface area contributed by atoms with Crippen LogP contribution in [0.1, 0.15) is 44.4 Å². The van der Waals surface area contributed by atoms with Gasteiger partial charge in [0.25, 0.3) is 0 Å². The quantitative estimate of drug-likeness (QED) is 0.788. The molecule has 0 aromatic carbocycles. The molecule has 2 rings (SSSR count). The number of ether oxygens (including phenoxy) is 1. The lowest BCUT2D eigenvalue weighted by Crippen LogP contribution is -2.40. The lowest BCUT2D eigenvalue weighted by atomic mass is 9.90. The van der Waals surface area contributed by atoms with Crippen molar-refractivity contribution in [1.29, 1.82) is 0 Å². The van der Waals surface area contributed by atoms with Crippen LogP contribution in [0.25, 0.3) is 0 Å². The average molecular weight is 262 g/mol. The Hall–Kier alpha value is -1.09. The van der Waals surface area contributed by atoms with Crippen molar-refractivity contribution >= 4 is 0 Å². The number of aryl methyl sites for hydroxylation is 1. The van der Waals surface area contributed by atoms with Gasteiger partial charge in [-0.1, -0.05) is 19.9 Å². The smallest absolute Gasteiger partial charge is 0.213 e. The van der Waals surface area contributed by atoms with Crippen LogP contribution < -0.4 is 4.74 Å². The summed E-state index contributed by atoms with van der Waals surface area (Å²) in [5, 5.41) is 0. The molecule has 106 valence electrons. The minimum absolute atomic E-state index is 0.697. The molecule has 1 aliphatic carbocycles. The average Bonchev–Trinajstić information content (AvgIpc) is 2.46. The van der Waals surface area contributed by atoms with Gasteiger partial charge in [0.2, 0.25) is 5.88 Å². The summed E-state index contributed by atoms with van der Waals surface area (Å²) in [4.78, 5) is 7.24. The number of rotatable bonds is 6. The summed E-state index contributed by atoms with van der Waals surface area (Å²) < 4.78 is 5.21. The van der Waals surface area contributed by atoms with Crippen molar-refractivity contribution in [3.63, 3.8) is 0 Å². The van der Waals surface area contributed by atoms with Gasteiger partial charge < -0.3 is 9.64 Å². The van der Waals surface area contributed by atoms with Crippen LogP contribution in [0, 0.1) is 0 Å². The van der Waals surface area contributed by atoms with Crippen LogP contribution >= 0.6 is 0 Å². The van der Waals surface area contributed by atoms with E-state index in [2.05, 4.69) is 29.8 Å². The Bertz CT molecular complexity index is 400. The zero-order valence-electron chi connectivity index (χ0n) is 12.5. The first-order chi connectivity index (χ1) is 9.28. The fraction of sp³-hybridized carbons (Fsp3) is 0.688. The Morgan fingerprint density at radius 3 is 2.63 bits per heavy atom. The summed E-state index contributed by atoms with van der Waals surface area (Å²) in [6.07, 6.45) is 5.94. The first-order valence-corrected chi connectivity index (χ1v) is 7.55. The maximum atomic E-state index is 5.21. The summed E-state index contributed by atoms with van der Waals surface area (Å²) in [5.74, 6) is 0.746. The van der Waals surface area contributed by atoms with Crippen LogP contribution in [-0.4, -0.2) is 36.1 Å². The Morgan fingerprint density at radius 2 is 2.00 bits per heavy atom. The van der Waals surface area contributed by atoms with Crippen LogP contribution in [0.5, 0.6) is 5.88 Å². The van der Waals surface area contributed by atoms with Crippen LogP contribution in [0.15, 0.2) is 12.1 Å². The minimum Gasteiger partial charge on any atom is -0.481 e. The van der Waals surface area contributed by atoms with Gasteiger partial charge in [0.1, 0.15) is 0 Å². The highest BCUT2D eigenvalue weighted by atomic mass is 16.5. The van der Waals surface area contributed by atoms with E-state index in [0.717, 1.165) is 18.7 Å². The summed E-state index contributed by atoms with van der Waals surface area (Å²) in [6, 6.07) is 4.89. The zero-order valence-corrected chi connectivity index (χ0v) is 12.5. The number of hydrogen-bond donors (Lipinski definition) is 0. The lowest BCUT2D eigenvalue weighted by Gasteiger charge is -2.34. The SMILES string of the molecule is CCCN(CCC)[C@H]1CCc2nc(OC)ccc2C1. The molecule has 1 heterocycles. The van der Waals surface area contributed by atoms with E-state index >= 15 is 0 Å². The van der Waals surface area contributed by atoms with Crippen molar-refractivity contribution in [3.8, 4) is 5.88 Å². The molecule has 3 heteroatoms. The Balaban J connectivity index is 2.08. The van der Waals surface area contributed by atoms with E-state index in [4.69, 9.17) is 4.74 Å². The molecule has 0 saturated heterocycles. The molecule has 0 aliphatic heterocycles. The van der Waals surface area contributed by atoms with E-state index in [9.17, 15) is 0 Å². The molecule has 0 saturated carbocycles. The highest BCUT2D eigenvalue weighted by Gasteiger charge is 2.24. The van der Waals surface area contributed by atoms with Crippen molar-refractivity contribution in [2.24, 2.45) is 0 Å². The summed E-state index contributed by atoms with van der Waals surface area (Å²) in [5.41, 5.74) is 2.65. The molecule has 1 atom stereocenters. The number of hydrogen-bond acceptors (Lipinski definition) is 3. The molecule has 0 radical (unpaired) electrons. The van der Waals surface area contributed by atoms with E-state index in [-0.39, 0.29) is 0 Å². The molecule has 0 fully saturated rings. The predicted molar refractivity (Wildman–Crippen MR) is 78.8 cm³/mol. The van der Waals surface area contributed by atoms with Gasteiger partial charge in [0.05, 0.1) is 7.11 Å². The molecule has 1 aliphatic rings. The number of pyridine rings is 1. The molecular weight excluding hydrogens is 236 g/mol. The molecule has 0 N–H and O–H groups in total. The van der Waals surface area contributed by atoms with Crippen molar-refractivity contribution in [2.75, 3.05) is 20.2 Å². The Kier molecular flexibility index (Phi) is 5.20. The molecule has 0 bridgehead atoms. The van der Waals surface area contributed by atoms with Gasteiger partial charge in [0.15, 0.2) is 0 Å². The van der Waals surface area contributed by atoms with Gasteiger partial charge in [-0.25, -0.2) is 4.98 Å². The second-order valence-corrected chi connectivity index (χ2v) is 5.39. The largest absolute Gasteiger partial charge is 0.481 e. The fourth-order valence-electron chi connectivity index (χ4n) is 3.05. The van der Waals surface area contributed by atoms with Crippen molar-refractivity contribution in [3.05, 3.63) is 23.4 Å². The second-order valence-electron chi connectivity index (χ2n) is 5.39. The van der Waals surface area contributed by atoms with E-state index in [1.54, 1.807) is 7.11 Å². The number of methoxy groups -OCH3 is 1. The minimum atomic E-state index is 0.697. The second kappa shape index (κ2) is 6.90. The standard InChI is InChI=1S/C16H26N2O/c1-4-10-18(11-5-2)14-7-8-15-13(12-14)6-9-16(17-15)19-3/h6,9,14H,4-5,7-8,10-12H2,1-3H3/t14-/m0/s1. The van der Waals surface area contributed by atoms with Gasteiger partial charge in [-0.3, -0.25) is 0 Å². The van der Waals surface area contributed by atoms with E-state index in [1.165, 1.54) is 43.6 Å². The zero-order chi connectivity index (χ0) is 13.7. The third-order valence-corrected chi connectivity index (χ3v) is 3.96. The van der Waals surface area contributed by atoms with Crippen molar-refractivity contribution in [2.45, 2.75) is 52.0 Å². The summed E-state index contributed by atoms with van der Waals surface area (Å²) in [6.45, 7) is 6.98. The maximum Gasteiger partial charge on any atom is 0.213 e. The van der Waals surface area contributed by atoms with E-state index in [1.807, 2.05) is 6.07 Å². The third kappa shape index (κ3) is 3.47. The predicted octanol–water partition coefficient (Wildman–Crippen LogP) is 3.07. The van der Waals surface area contributed by atoms with Crippen LogP contribution in [-0.2, 0) is 12.8 Å². The molecule has 1 aromatic heterocycles. The fourth-order valence-corrected chi connectivity index (χ4v) is 3.05. The van der Waals surface area contributed by atoms with E-state index in [0.29, 0.717) is 6.04 Å². The van der Waals surface area contributed by atoms with Gasteiger partial charge in [-0.15, -0.1) is 0 Å². The van der Waals surface area contributed by atoms with Gasteiger partial charge in [-0.2, -0.15) is 0 Å². The Morgan fingerprint density at radius 1 is 1.26 bits per heavy atom. The monoisotopic (exact) mass is 262 g/mol. The highest BCUT2D eigenvalue weighted by molar-refractivity contribution is 5.29. The third-order valence-electron chi connectivity index (χ3n) is 3.96. The number of fused-ring (bicyclic) bond motifs is 1. The van der Waals surface area contributed by atoms with Crippen molar-refractivity contribution in [1.82, 2.24) is 9.88 Å². The van der Waals surface area contributed by atoms with Gasteiger partial charge in [0, 0.05) is 17.8 Å². The first-order valence-electron chi connectivity index (χ1n) is 7.55. The van der Waals surface area contributed by atoms with Gasteiger partial charge in [-0.05, 0) is 50.8 Å². The molecule has 0 unspecified atom stereocenters. The molecule has 0 amide bonds. The molecular formula is C16H26N2O. The highest BCUT2D eigenvalue weighted by Crippen LogP contribution is 2.25. The van der Waals surface area contributed by atoms with E-state index < -0.39 is 0 Å². The summed E-state index contributed by atoms with van der Waals surface area (Å²) >= 11 is 0. The molecule has 0 spiro atoms.